The van der Waals surface area contributed by atoms with E-state index < -0.39 is 6.10 Å². The van der Waals surface area contributed by atoms with E-state index in [0.717, 1.165) is 17.9 Å². The molecule has 0 aliphatic heterocycles. The number of rotatable bonds is 8. The highest BCUT2D eigenvalue weighted by Crippen LogP contribution is 2.18. The lowest BCUT2D eigenvalue weighted by Gasteiger charge is -2.15. The summed E-state index contributed by atoms with van der Waals surface area (Å²) < 4.78 is 10.8. The quantitative estimate of drug-likeness (QED) is 0.545. The first-order valence-corrected chi connectivity index (χ1v) is 10.1. The molecular formula is C25H26N2O4. The van der Waals surface area contributed by atoms with Gasteiger partial charge in [-0.25, -0.2) is 0 Å². The number of anilines is 2. The van der Waals surface area contributed by atoms with Gasteiger partial charge in [-0.3, -0.25) is 9.59 Å². The SMILES string of the molecule is CCc1ccc(NC(=O)C(C)Oc2ccc(C(=O)Nc3ccc(OC)cc3)cc2)cc1. The van der Waals surface area contributed by atoms with E-state index >= 15 is 0 Å². The van der Waals surface area contributed by atoms with Crippen LogP contribution in [0.15, 0.2) is 72.8 Å². The lowest BCUT2D eigenvalue weighted by atomic mass is 10.1. The predicted molar refractivity (Wildman–Crippen MR) is 122 cm³/mol. The molecular weight excluding hydrogens is 392 g/mol. The van der Waals surface area contributed by atoms with Gasteiger partial charge in [0.25, 0.3) is 11.8 Å². The second-order valence-electron chi connectivity index (χ2n) is 7.01. The highest BCUT2D eigenvalue weighted by atomic mass is 16.5. The summed E-state index contributed by atoms with van der Waals surface area (Å²) in [4.78, 5) is 24.8. The van der Waals surface area contributed by atoms with Gasteiger partial charge >= 0.3 is 0 Å². The number of hydrogen-bond acceptors (Lipinski definition) is 4. The van der Waals surface area contributed by atoms with Gasteiger partial charge in [0.05, 0.1) is 7.11 Å². The van der Waals surface area contributed by atoms with Crippen molar-refractivity contribution in [3.8, 4) is 11.5 Å². The third-order valence-electron chi connectivity index (χ3n) is 4.78. The first-order chi connectivity index (χ1) is 15.0. The molecule has 3 rings (SSSR count). The first-order valence-electron chi connectivity index (χ1n) is 10.1. The molecule has 160 valence electrons. The number of ether oxygens (including phenoxy) is 2. The molecule has 1 atom stereocenters. The van der Waals surface area contributed by atoms with Crippen molar-refractivity contribution in [1.82, 2.24) is 0 Å². The summed E-state index contributed by atoms with van der Waals surface area (Å²) in [6.07, 6.45) is 0.256. The zero-order valence-electron chi connectivity index (χ0n) is 17.8. The molecule has 0 fully saturated rings. The lowest BCUT2D eigenvalue weighted by Crippen LogP contribution is -2.30. The van der Waals surface area contributed by atoms with Gasteiger partial charge in [0.2, 0.25) is 0 Å². The lowest BCUT2D eigenvalue weighted by molar-refractivity contribution is -0.122. The molecule has 6 nitrogen and oxygen atoms in total. The van der Waals surface area contributed by atoms with Crippen molar-refractivity contribution in [2.75, 3.05) is 17.7 Å². The maximum absolute atomic E-state index is 12.4. The summed E-state index contributed by atoms with van der Waals surface area (Å²) in [5.41, 5.74) is 3.08. The fraction of sp³-hybridized carbons (Fsp3) is 0.200. The number of aryl methyl sites for hydroxylation is 1. The average molecular weight is 418 g/mol. The molecule has 0 bridgehead atoms. The molecule has 2 N–H and O–H groups in total. The molecule has 0 aromatic heterocycles. The number of benzene rings is 3. The molecule has 6 heteroatoms. The molecule has 31 heavy (non-hydrogen) atoms. The van der Waals surface area contributed by atoms with Crippen molar-refractivity contribution >= 4 is 23.2 Å². The largest absolute Gasteiger partial charge is 0.497 e. The minimum Gasteiger partial charge on any atom is -0.497 e. The van der Waals surface area contributed by atoms with Crippen molar-refractivity contribution in [3.63, 3.8) is 0 Å². The number of nitrogens with one attached hydrogen (secondary N) is 2. The Morgan fingerprint density at radius 3 is 1.94 bits per heavy atom. The second-order valence-corrected chi connectivity index (χ2v) is 7.01. The van der Waals surface area contributed by atoms with Crippen LogP contribution in [0.3, 0.4) is 0 Å². The fourth-order valence-electron chi connectivity index (χ4n) is 2.89. The van der Waals surface area contributed by atoms with Gasteiger partial charge in [0.1, 0.15) is 11.5 Å². The summed E-state index contributed by atoms with van der Waals surface area (Å²) in [6, 6.07) is 21.5. The average Bonchev–Trinajstić information content (AvgIpc) is 2.80. The van der Waals surface area contributed by atoms with Crippen molar-refractivity contribution in [2.45, 2.75) is 26.4 Å². The van der Waals surface area contributed by atoms with Crippen molar-refractivity contribution < 1.29 is 19.1 Å². The van der Waals surface area contributed by atoms with Gasteiger partial charge in [0.15, 0.2) is 6.10 Å². The molecule has 0 spiro atoms. The Balaban J connectivity index is 1.54. The summed E-state index contributed by atoms with van der Waals surface area (Å²) in [5.74, 6) is 0.740. The fourth-order valence-corrected chi connectivity index (χ4v) is 2.89. The Morgan fingerprint density at radius 1 is 0.806 bits per heavy atom. The predicted octanol–water partition coefficient (Wildman–Crippen LogP) is 4.92. The van der Waals surface area contributed by atoms with Crippen LogP contribution in [-0.4, -0.2) is 25.0 Å². The molecule has 3 aromatic rings. The van der Waals surface area contributed by atoms with E-state index in [1.54, 1.807) is 62.6 Å². The maximum Gasteiger partial charge on any atom is 0.265 e. The molecule has 0 radical (unpaired) electrons. The third-order valence-corrected chi connectivity index (χ3v) is 4.78. The van der Waals surface area contributed by atoms with Crippen LogP contribution in [0.4, 0.5) is 11.4 Å². The van der Waals surface area contributed by atoms with Gasteiger partial charge in [0, 0.05) is 16.9 Å². The van der Waals surface area contributed by atoms with Crippen LogP contribution in [0.5, 0.6) is 11.5 Å². The Bertz CT molecular complexity index is 1010. The molecule has 3 aromatic carbocycles. The molecule has 0 heterocycles. The van der Waals surface area contributed by atoms with E-state index in [1.165, 1.54) is 5.56 Å². The zero-order chi connectivity index (χ0) is 22.2. The van der Waals surface area contributed by atoms with E-state index in [4.69, 9.17) is 9.47 Å². The number of carbonyl (C=O) groups is 2. The van der Waals surface area contributed by atoms with Crippen LogP contribution < -0.4 is 20.1 Å². The Labute approximate surface area is 182 Å². The van der Waals surface area contributed by atoms with Crippen LogP contribution in [-0.2, 0) is 11.2 Å². The molecule has 0 aliphatic carbocycles. The van der Waals surface area contributed by atoms with Crippen LogP contribution in [0.2, 0.25) is 0 Å². The Kier molecular flexibility index (Phi) is 7.27. The maximum atomic E-state index is 12.4. The smallest absolute Gasteiger partial charge is 0.265 e. The van der Waals surface area contributed by atoms with Crippen molar-refractivity contribution in [1.29, 1.82) is 0 Å². The standard InChI is InChI=1S/C25H26N2O4/c1-4-18-5-9-20(10-6-18)26-24(28)17(2)31-23-13-7-19(8-14-23)25(29)27-21-11-15-22(30-3)16-12-21/h5-17H,4H2,1-3H3,(H,26,28)(H,27,29). The minimum atomic E-state index is -0.690. The Hall–Kier alpha value is -3.80. The van der Waals surface area contributed by atoms with Crippen LogP contribution in [0.25, 0.3) is 0 Å². The first kappa shape index (κ1) is 21.9. The molecule has 0 saturated carbocycles. The molecule has 0 aliphatic rings. The number of hydrogen-bond donors (Lipinski definition) is 2. The second kappa shape index (κ2) is 10.3. The molecule has 1 unspecified atom stereocenters. The summed E-state index contributed by atoms with van der Waals surface area (Å²) in [5, 5.41) is 5.67. The van der Waals surface area contributed by atoms with E-state index in [0.29, 0.717) is 17.0 Å². The van der Waals surface area contributed by atoms with Gasteiger partial charge < -0.3 is 20.1 Å². The third kappa shape index (κ3) is 6.09. The van der Waals surface area contributed by atoms with Crippen molar-refractivity contribution in [3.05, 3.63) is 83.9 Å². The van der Waals surface area contributed by atoms with Crippen LogP contribution >= 0.6 is 0 Å². The number of carbonyl (C=O) groups excluding carboxylic acids is 2. The highest BCUT2D eigenvalue weighted by Gasteiger charge is 2.15. The van der Waals surface area contributed by atoms with E-state index in [2.05, 4.69) is 17.6 Å². The monoisotopic (exact) mass is 418 g/mol. The van der Waals surface area contributed by atoms with E-state index in [1.807, 2.05) is 24.3 Å². The molecule has 2 amide bonds. The minimum absolute atomic E-state index is 0.238. The van der Waals surface area contributed by atoms with Gasteiger partial charge in [-0.1, -0.05) is 19.1 Å². The normalized spacial score (nSPS) is 11.3. The summed E-state index contributed by atoms with van der Waals surface area (Å²) >= 11 is 0. The molecule has 0 saturated heterocycles. The van der Waals surface area contributed by atoms with Crippen LogP contribution in [0, 0.1) is 0 Å². The van der Waals surface area contributed by atoms with Gasteiger partial charge in [-0.05, 0) is 79.6 Å². The van der Waals surface area contributed by atoms with Crippen molar-refractivity contribution in [2.24, 2.45) is 0 Å². The summed E-state index contributed by atoms with van der Waals surface area (Å²) in [7, 11) is 1.59. The number of amides is 2. The Morgan fingerprint density at radius 2 is 1.35 bits per heavy atom. The highest BCUT2D eigenvalue weighted by molar-refractivity contribution is 6.04. The van der Waals surface area contributed by atoms with E-state index in [9.17, 15) is 9.59 Å². The topological polar surface area (TPSA) is 76.7 Å². The van der Waals surface area contributed by atoms with E-state index in [-0.39, 0.29) is 11.8 Å². The number of methoxy groups -OCH3 is 1. The van der Waals surface area contributed by atoms with Gasteiger partial charge in [-0.2, -0.15) is 0 Å². The summed E-state index contributed by atoms with van der Waals surface area (Å²) in [6.45, 7) is 3.76. The zero-order valence-corrected chi connectivity index (χ0v) is 17.8. The van der Waals surface area contributed by atoms with Crippen LogP contribution in [0.1, 0.15) is 29.8 Å². The van der Waals surface area contributed by atoms with Gasteiger partial charge in [-0.15, -0.1) is 0 Å².